The van der Waals surface area contributed by atoms with Crippen molar-refractivity contribution in [1.29, 1.82) is 0 Å². The van der Waals surface area contributed by atoms with E-state index in [1.165, 1.54) is 12.1 Å². The van der Waals surface area contributed by atoms with Crippen molar-refractivity contribution in [3.8, 4) is 5.75 Å². The Balaban J connectivity index is 2.36. The quantitative estimate of drug-likeness (QED) is 0.344. The highest BCUT2D eigenvalue weighted by atomic mass is 35.5. The maximum Gasteiger partial charge on any atom is 0.210 e. The van der Waals surface area contributed by atoms with Crippen molar-refractivity contribution in [2.45, 2.75) is 33.1 Å². The molecule has 0 aliphatic carbocycles. The highest BCUT2D eigenvalue weighted by Crippen LogP contribution is 2.32. The molecule has 0 aliphatic heterocycles. The lowest BCUT2D eigenvalue weighted by molar-refractivity contribution is 0.103. The van der Waals surface area contributed by atoms with Crippen molar-refractivity contribution < 1.29 is 9.53 Å². The lowest BCUT2D eigenvalue weighted by Crippen LogP contribution is -2.33. The molecule has 0 saturated heterocycles. The highest BCUT2D eigenvalue weighted by molar-refractivity contribution is 6.31. The molecule has 6 heteroatoms. The fourth-order valence-electron chi connectivity index (χ4n) is 2.60. The van der Waals surface area contributed by atoms with E-state index in [1.807, 2.05) is 12.1 Å². The molecule has 0 aromatic heterocycles. The number of anilines is 1. The summed E-state index contributed by atoms with van der Waals surface area (Å²) in [4.78, 5) is 12.8. The van der Waals surface area contributed by atoms with Crippen LogP contribution in [0.3, 0.4) is 0 Å². The Morgan fingerprint density at radius 1 is 1.11 bits per heavy atom. The van der Waals surface area contributed by atoms with Crippen molar-refractivity contribution in [3.05, 3.63) is 70.0 Å². The van der Waals surface area contributed by atoms with Crippen LogP contribution in [0.5, 0.6) is 5.75 Å². The van der Waals surface area contributed by atoms with Crippen molar-refractivity contribution in [2.75, 3.05) is 12.1 Å². The molecule has 0 unspecified atom stereocenters. The van der Waals surface area contributed by atoms with Gasteiger partial charge in [-0.2, -0.15) is 0 Å². The molecule has 4 N–H and O–H groups in total. The van der Waals surface area contributed by atoms with Gasteiger partial charge in [-0.25, -0.2) is 5.84 Å². The van der Waals surface area contributed by atoms with Gasteiger partial charge in [0.25, 0.3) is 0 Å². The maximum atomic E-state index is 12.8. The molecule has 0 heterocycles. The number of hydrogen-bond acceptors (Lipinski definition) is 5. The molecule has 2 rings (SSSR count). The number of rotatable bonds is 5. The number of Topliss-reactive ketones (excluding diaryl/α,β-unsaturated/α-hetero) is 1. The lowest BCUT2D eigenvalue weighted by Gasteiger charge is -2.23. The summed E-state index contributed by atoms with van der Waals surface area (Å²) >= 11 is 6.06. The van der Waals surface area contributed by atoms with Crippen molar-refractivity contribution in [2.24, 2.45) is 11.6 Å². The summed E-state index contributed by atoms with van der Waals surface area (Å²) in [5, 5.41) is 1.80. The Labute approximate surface area is 165 Å². The van der Waals surface area contributed by atoms with E-state index in [1.54, 1.807) is 37.3 Å². The lowest BCUT2D eigenvalue weighted by atomic mass is 9.86. The van der Waals surface area contributed by atoms with Gasteiger partial charge in [-0.3, -0.25) is 9.80 Å². The van der Waals surface area contributed by atoms with Gasteiger partial charge < -0.3 is 10.5 Å². The van der Waals surface area contributed by atoms with E-state index in [-0.39, 0.29) is 16.9 Å². The number of ketones is 1. The third-order valence-corrected chi connectivity index (χ3v) is 4.64. The van der Waals surface area contributed by atoms with Crippen LogP contribution in [0.15, 0.2) is 53.9 Å². The summed E-state index contributed by atoms with van der Waals surface area (Å²) in [5.74, 6) is 6.42. The van der Waals surface area contributed by atoms with E-state index in [4.69, 9.17) is 27.9 Å². The van der Waals surface area contributed by atoms with Crippen LogP contribution in [-0.4, -0.2) is 12.9 Å². The van der Waals surface area contributed by atoms with Crippen LogP contribution >= 0.6 is 11.6 Å². The highest BCUT2D eigenvalue weighted by Gasteiger charge is 2.19. The van der Waals surface area contributed by atoms with Crippen LogP contribution in [0.4, 0.5) is 5.69 Å². The summed E-state index contributed by atoms with van der Waals surface area (Å²) in [7, 11) is 1.53. The first-order valence-corrected chi connectivity index (χ1v) is 8.94. The Hall–Kier alpha value is -2.50. The van der Waals surface area contributed by atoms with Crippen LogP contribution in [0.25, 0.3) is 0 Å². The third kappa shape index (κ3) is 4.62. The average molecular weight is 388 g/mol. The Morgan fingerprint density at radius 2 is 1.70 bits per heavy atom. The second-order valence-electron chi connectivity index (χ2n) is 7.34. The van der Waals surface area contributed by atoms with E-state index < -0.39 is 0 Å². The molecule has 0 fully saturated rings. The van der Waals surface area contributed by atoms with Gasteiger partial charge in [0.15, 0.2) is 0 Å². The summed E-state index contributed by atoms with van der Waals surface area (Å²) in [6, 6.07) is 12.5. The number of carbonyl (C=O) groups is 1. The van der Waals surface area contributed by atoms with Gasteiger partial charge >= 0.3 is 0 Å². The number of methoxy groups -OCH3 is 1. The van der Waals surface area contributed by atoms with Crippen molar-refractivity contribution in [3.63, 3.8) is 0 Å². The number of hydrogen-bond donors (Lipinski definition) is 2. The van der Waals surface area contributed by atoms with E-state index in [0.717, 1.165) is 5.56 Å². The van der Waals surface area contributed by atoms with Gasteiger partial charge in [-0.05, 0) is 36.1 Å². The zero-order valence-corrected chi connectivity index (χ0v) is 17.1. The fraction of sp³-hybridized carbons (Fsp3) is 0.286. The summed E-state index contributed by atoms with van der Waals surface area (Å²) < 4.78 is 5.31. The van der Waals surface area contributed by atoms with Crippen LogP contribution < -0.4 is 21.3 Å². The Morgan fingerprint density at radius 3 is 2.22 bits per heavy atom. The first-order chi connectivity index (χ1) is 12.6. The SMILES string of the molecule is COc1ccc(Cl)cc1N(N)/C(C)=C(\N)C(=O)c1ccc(C(C)(C)C)cc1. The normalized spacial score (nSPS) is 12.4. The molecule has 2 aromatic rings. The average Bonchev–Trinajstić information content (AvgIpc) is 2.65. The molecule has 0 saturated carbocycles. The van der Waals surface area contributed by atoms with Crippen molar-refractivity contribution in [1.82, 2.24) is 0 Å². The number of benzene rings is 2. The summed E-state index contributed by atoms with van der Waals surface area (Å²) in [6.45, 7) is 8.03. The standard InChI is InChI=1S/C21H26ClN3O2/c1-13(25(24)17-12-16(22)10-11-18(17)27-5)19(23)20(26)14-6-8-15(9-7-14)21(2,3)4/h6-12H,23-24H2,1-5H3/b19-13-. The molecule has 0 amide bonds. The summed E-state index contributed by atoms with van der Waals surface area (Å²) in [5.41, 5.74) is 8.75. The Kier molecular flexibility index (Phi) is 6.19. The molecule has 0 bridgehead atoms. The van der Waals surface area contributed by atoms with Gasteiger partial charge in [0.05, 0.1) is 12.8 Å². The minimum atomic E-state index is -0.288. The number of ether oxygens (including phenoxy) is 1. The Bertz CT molecular complexity index is 868. The molecule has 2 aromatic carbocycles. The van der Waals surface area contributed by atoms with Gasteiger partial charge in [-0.15, -0.1) is 0 Å². The number of nitrogens with two attached hydrogens (primary N) is 2. The second-order valence-corrected chi connectivity index (χ2v) is 7.78. The molecular weight excluding hydrogens is 362 g/mol. The van der Waals surface area contributed by atoms with Crippen LogP contribution in [0, 0.1) is 0 Å². The first-order valence-electron chi connectivity index (χ1n) is 8.56. The predicted octanol–water partition coefficient (Wildman–Crippen LogP) is 4.40. The van der Waals surface area contributed by atoms with Crippen LogP contribution in [0.1, 0.15) is 43.6 Å². The van der Waals surface area contributed by atoms with E-state index in [2.05, 4.69) is 20.8 Å². The van der Waals surface area contributed by atoms with E-state index in [9.17, 15) is 4.79 Å². The zero-order chi connectivity index (χ0) is 20.4. The smallest absolute Gasteiger partial charge is 0.210 e. The topological polar surface area (TPSA) is 81.6 Å². The number of allylic oxidation sites excluding steroid dienone is 2. The molecule has 0 atom stereocenters. The molecule has 144 valence electrons. The van der Waals surface area contributed by atoms with Crippen LogP contribution in [0.2, 0.25) is 5.02 Å². The molecular formula is C21H26ClN3O2. The molecule has 0 radical (unpaired) electrons. The van der Waals surface area contributed by atoms with E-state index >= 15 is 0 Å². The molecule has 0 aliphatic rings. The minimum Gasteiger partial charge on any atom is -0.495 e. The van der Waals surface area contributed by atoms with E-state index in [0.29, 0.717) is 27.7 Å². The third-order valence-electron chi connectivity index (χ3n) is 4.41. The van der Waals surface area contributed by atoms with Gasteiger partial charge in [0, 0.05) is 10.6 Å². The zero-order valence-electron chi connectivity index (χ0n) is 16.3. The largest absolute Gasteiger partial charge is 0.495 e. The van der Waals surface area contributed by atoms with Crippen LogP contribution in [-0.2, 0) is 5.41 Å². The van der Waals surface area contributed by atoms with Gasteiger partial charge in [0.1, 0.15) is 17.1 Å². The fourth-order valence-corrected chi connectivity index (χ4v) is 2.77. The number of carbonyl (C=O) groups excluding carboxylic acids is 1. The number of hydrazine groups is 1. The number of halogens is 1. The van der Waals surface area contributed by atoms with Gasteiger partial charge in [0.2, 0.25) is 5.78 Å². The molecule has 5 nitrogen and oxygen atoms in total. The second kappa shape index (κ2) is 8.03. The minimum absolute atomic E-state index is 0.00999. The number of nitrogens with zero attached hydrogens (tertiary/aromatic N) is 1. The predicted molar refractivity (Wildman–Crippen MR) is 111 cm³/mol. The first kappa shape index (κ1) is 20.8. The van der Waals surface area contributed by atoms with Crippen molar-refractivity contribution >= 4 is 23.1 Å². The molecule has 27 heavy (non-hydrogen) atoms. The molecule has 0 spiro atoms. The summed E-state index contributed by atoms with van der Waals surface area (Å²) in [6.07, 6.45) is 0. The monoisotopic (exact) mass is 387 g/mol. The van der Waals surface area contributed by atoms with Gasteiger partial charge in [-0.1, -0.05) is 56.6 Å². The maximum absolute atomic E-state index is 12.8.